The average Bonchev–Trinajstić information content (AvgIpc) is 3.11. The van der Waals surface area contributed by atoms with Crippen LogP contribution in [0.4, 0.5) is 0 Å². The molecule has 2 atom stereocenters. The molecule has 1 saturated heterocycles. The van der Waals surface area contributed by atoms with Crippen molar-refractivity contribution in [3.63, 3.8) is 0 Å². The van der Waals surface area contributed by atoms with E-state index < -0.39 is 0 Å². The van der Waals surface area contributed by atoms with Crippen LogP contribution in [0.25, 0.3) is 0 Å². The fourth-order valence-electron chi connectivity index (χ4n) is 2.72. The van der Waals surface area contributed by atoms with Gasteiger partial charge >= 0.3 is 0 Å². The Hall–Kier alpha value is -0.860. The summed E-state index contributed by atoms with van der Waals surface area (Å²) in [6.45, 7) is 4.12. The molecule has 1 aliphatic carbocycles. The van der Waals surface area contributed by atoms with Crippen LogP contribution in [0, 0.1) is 5.92 Å². The Balaban J connectivity index is 1.52. The number of benzene rings is 1. The number of ether oxygens (including phenoxy) is 1. The van der Waals surface area contributed by atoms with Gasteiger partial charge in [0.05, 0.1) is 13.2 Å². The lowest BCUT2D eigenvalue weighted by atomic mass is 10.1. The van der Waals surface area contributed by atoms with E-state index in [9.17, 15) is 0 Å². The van der Waals surface area contributed by atoms with Crippen molar-refractivity contribution in [2.45, 2.75) is 18.9 Å². The van der Waals surface area contributed by atoms with Gasteiger partial charge in [0.1, 0.15) is 0 Å². The minimum atomic E-state index is 0.837. The largest absolute Gasteiger partial charge is 0.379 e. The number of hydrogen-bond donors (Lipinski definition) is 0. The Bertz CT molecular complexity index is 332. The smallest absolute Gasteiger partial charge is 0.0594 e. The van der Waals surface area contributed by atoms with Crippen LogP contribution in [0.15, 0.2) is 30.3 Å². The highest BCUT2D eigenvalue weighted by molar-refractivity contribution is 5.17. The van der Waals surface area contributed by atoms with Gasteiger partial charge in [-0.05, 0) is 24.3 Å². The molecule has 1 aromatic carbocycles. The zero-order valence-electron chi connectivity index (χ0n) is 9.64. The van der Waals surface area contributed by atoms with E-state index in [2.05, 4.69) is 35.2 Å². The summed E-state index contributed by atoms with van der Waals surface area (Å²) in [4.78, 5) is 2.61. The quantitative estimate of drug-likeness (QED) is 0.767. The van der Waals surface area contributed by atoms with Crippen molar-refractivity contribution in [1.29, 1.82) is 0 Å². The summed E-state index contributed by atoms with van der Waals surface area (Å²) in [5, 5.41) is 0. The third-order valence-electron chi connectivity index (χ3n) is 3.74. The number of hydrogen-bond acceptors (Lipinski definition) is 2. The molecular weight excluding hydrogens is 198 g/mol. The summed E-state index contributed by atoms with van der Waals surface area (Å²) in [5.41, 5.74) is 1.49. The van der Waals surface area contributed by atoms with Gasteiger partial charge < -0.3 is 4.74 Å². The molecule has 1 aliphatic heterocycles. The number of nitrogens with zero attached hydrogens (tertiary/aromatic N) is 1. The first-order valence-electron chi connectivity index (χ1n) is 6.29. The van der Waals surface area contributed by atoms with Gasteiger partial charge in [0, 0.05) is 19.1 Å². The molecule has 0 radical (unpaired) electrons. The second-order valence-corrected chi connectivity index (χ2v) is 4.90. The highest BCUT2D eigenvalue weighted by atomic mass is 16.5. The molecule has 0 N–H and O–H groups in total. The summed E-state index contributed by atoms with van der Waals surface area (Å²) in [6.07, 6.45) is 2.64. The molecule has 2 nitrogen and oxygen atoms in total. The Morgan fingerprint density at radius 1 is 1.12 bits per heavy atom. The van der Waals surface area contributed by atoms with Gasteiger partial charge in [-0.2, -0.15) is 0 Å². The van der Waals surface area contributed by atoms with Crippen LogP contribution in [-0.2, 0) is 11.2 Å². The first kappa shape index (κ1) is 10.3. The highest BCUT2D eigenvalue weighted by Crippen LogP contribution is 2.38. The van der Waals surface area contributed by atoms with Gasteiger partial charge in [0.2, 0.25) is 0 Å². The lowest BCUT2D eigenvalue weighted by Gasteiger charge is -2.27. The SMILES string of the molecule is c1ccc(C[C@H]2C[C@@H]2N2CCOCC2)cc1. The molecule has 2 fully saturated rings. The predicted molar refractivity (Wildman–Crippen MR) is 64.4 cm³/mol. The molecular formula is C14H19NO. The monoisotopic (exact) mass is 217 g/mol. The van der Waals surface area contributed by atoms with Gasteiger partial charge in [0.25, 0.3) is 0 Å². The minimum absolute atomic E-state index is 0.837. The molecule has 16 heavy (non-hydrogen) atoms. The maximum atomic E-state index is 5.39. The third kappa shape index (κ3) is 2.28. The summed E-state index contributed by atoms with van der Waals surface area (Å²) >= 11 is 0. The third-order valence-corrected chi connectivity index (χ3v) is 3.74. The molecule has 1 saturated carbocycles. The van der Waals surface area contributed by atoms with Crippen molar-refractivity contribution < 1.29 is 4.74 Å². The Morgan fingerprint density at radius 3 is 2.62 bits per heavy atom. The lowest BCUT2D eigenvalue weighted by molar-refractivity contribution is 0.0316. The average molecular weight is 217 g/mol. The second kappa shape index (κ2) is 4.56. The van der Waals surface area contributed by atoms with Gasteiger partial charge in [-0.1, -0.05) is 30.3 Å². The molecule has 0 bridgehead atoms. The lowest BCUT2D eigenvalue weighted by Crippen LogP contribution is -2.38. The predicted octanol–water partition coefficient (Wildman–Crippen LogP) is 1.95. The summed E-state index contributed by atoms with van der Waals surface area (Å²) < 4.78 is 5.39. The molecule has 2 heteroatoms. The van der Waals surface area contributed by atoms with Crippen molar-refractivity contribution in [2.24, 2.45) is 5.92 Å². The van der Waals surface area contributed by atoms with Gasteiger partial charge in [-0.15, -0.1) is 0 Å². The van der Waals surface area contributed by atoms with Crippen LogP contribution in [0.2, 0.25) is 0 Å². The maximum absolute atomic E-state index is 5.39. The summed E-state index contributed by atoms with van der Waals surface area (Å²) in [7, 11) is 0. The van der Waals surface area contributed by atoms with E-state index in [1.165, 1.54) is 18.4 Å². The highest BCUT2D eigenvalue weighted by Gasteiger charge is 2.41. The fourth-order valence-corrected chi connectivity index (χ4v) is 2.72. The minimum Gasteiger partial charge on any atom is -0.379 e. The molecule has 0 spiro atoms. The molecule has 0 unspecified atom stereocenters. The zero-order chi connectivity index (χ0) is 10.8. The van der Waals surface area contributed by atoms with Crippen molar-refractivity contribution in [3.05, 3.63) is 35.9 Å². The van der Waals surface area contributed by atoms with Crippen molar-refractivity contribution in [2.75, 3.05) is 26.3 Å². The maximum Gasteiger partial charge on any atom is 0.0594 e. The van der Waals surface area contributed by atoms with E-state index in [4.69, 9.17) is 4.74 Å². The normalized spacial score (nSPS) is 30.2. The Kier molecular flexibility index (Phi) is 2.94. The second-order valence-electron chi connectivity index (χ2n) is 4.90. The molecule has 1 aromatic rings. The van der Waals surface area contributed by atoms with E-state index in [1.807, 2.05) is 0 Å². The molecule has 2 aliphatic rings. The van der Waals surface area contributed by atoms with E-state index in [0.29, 0.717) is 0 Å². The van der Waals surface area contributed by atoms with E-state index in [-0.39, 0.29) is 0 Å². The fraction of sp³-hybridized carbons (Fsp3) is 0.571. The summed E-state index contributed by atoms with van der Waals surface area (Å²) in [6, 6.07) is 11.7. The number of rotatable bonds is 3. The van der Waals surface area contributed by atoms with Gasteiger partial charge in [-0.25, -0.2) is 0 Å². The van der Waals surface area contributed by atoms with Crippen LogP contribution < -0.4 is 0 Å². The molecule has 86 valence electrons. The zero-order valence-corrected chi connectivity index (χ0v) is 9.64. The number of morpholine rings is 1. The van der Waals surface area contributed by atoms with E-state index >= 15 is 0 Å². The first-order valence-corrected chi connectivity index (χ1v) is 6.29. The van der Waals surface area contributed by atoms with Crippen molar-refractivity contribution in [1.82, 2.24) is 4.90 Å². The van der Waals surface area contributed by atoms with E-state index in [1.54, 1.807) is 0 Å². The van der Waals surface area contributed by atoms with Crippen LogP contribution in [0.3, 0.4) is 0 Å². The molecule has 1 heterocycles. The van der Waals surface area contributed by atoms with Crippen molar-refractivity contribution in [3.8, 4) is 0 Å². The van der Waals surface area contributed by atoms with E-state index in [0.717, 1.165) is 38.3 Å². The van der Waals surface area contributed by atoms with Crippen LogP contribution in [0.1, 0.15) is 12.0 Å². The van der Waals surface area contributed by atoms with Crippen LogP contribution in [-0.4, -0.2) is 37.2 Å². The Labute approximate surface area is 97.2 Å². The van der Waals surface area contributed by atoms with Crippen LogP contribution >= 0.6 is 0 Å². The van der Waals surface area contributed by atoms with Gasteiger partial charge in [-0.3, -0.25) is 4.90 Å². The van der Waals surface area contributed by atoms with Crippen molar-refractivity contribution >= 4 is 0 Å². The van der Waals surface area contributed by atoms with Crippen LogP contribution in [0.5, 0.6) is 0 Å². The van der Waals surface area contributed by atoms with Gasteiger partial charge in [0.15, 0.2) is 0 Å². The Morgan fingerprint density at radius 2 is 1.88 bits per heavy atom. The molecule has 3 rings (SSSR count). The standard InChI is InChI=1S/C14H19NO/c1-2-4-12(5-3-1)10-13-11-14(13)15-6-8-16-9-7-15/h1-5,13-14H,6-11H2/t13-,14-/m0/s1. The molecule has 0 aromatic heterocycles. The molecule has 0 amide bonds. The first-order chi connectivity index (χ1) is 7.93. The summed E-state index contributed by atoms with van der Waals surface area (Å²) in [5.74, 6) is 0.889. The topological polar surface area (TPSA) is 12.5 Å².